The predicted molar refractivity (Wildman–Crippen MR) is 56.4 cm³/mol. The van der Waals surface area contributed by atoms with Crippen LogP contribution in [-0.4, -0.2) is 19.0 Å². The number of azo groups is 1. The van der Waals surface area contributed by atoms with Gasteiger partial charge in [0, 0.05) is 6.54 Å². The van der Waals surface area contributed by atoms with E-state index in [0.29, 0.717) is 19.6 Å². The lowest BCUT2D eigenvalue weighted by molar-refractivity contribution is -0.124. The lowest BCUT2D eigenvalue weighted by Gasteiger charge is -2.08. The Labute approximate surface area is 88.4 Å². The summed E-state index contributed by atoms with van der Waals surface area (Å²) in [5, 5.41) is 10.5. The maximum atomic E-state index is 11.6. The molecule has 4 nitrogen and oxygen atoms in total. The smallest absolute Gasteiger partial charge is 0.227 e. The van der Waals surface area contributed by atoms with Crippen molar-refractivity contribution in [2.24, 2.45) is 16.1 Å². The van der Waals surface area contributed by atoms with E-state index in [2.05, 4.69) is 15.5 Å². The molecule has 0 aromatic heterocycles. The van der Waals surface area contributed by atoms with Crippen molar-refractivity contribution in [3.8, 4) is 0 Å². The highest BCUT2D eigenvalue weighted by Gasteiger charge is 2.20. The van der Waals surface area contributed by atoms with E-state index in [4.69, 9.17) is 0 Å². The minimum Gasteiger partial charge on any atom is -0.352 e. The van der Waals surface area contributed by atoms with E-state index in [1.807, 2.05) is 30.3 Å². The molecule has 1 aliphatic rings. The van der Waals surface area contributed by atoms with Crippen molar-refractivity contribution in [1.82, 2.24) is 5.32 Å². The zero-order valence-corrected chi connectivity index (χ0v) is 8.39. The Morgan fingerprint density at radius 3 is 2.60 bits per heavy atom. The number of hydrogen-bond donors (Lipinski definition) is 1. The molecule has 15 heavy (non-hydrogen) atoms. The molecule has 0 radical (unpaired) electrons. The minimum atomic E-state index is -0.0614. The monoisotopic (exact) mass is 203 g/mol. The number of nitrogens with one attached hydrogen (secondary N) is 1. The molecular formula is C11H13N3O. The molecule has 0 fully saturated rings. The number of carbonyl (C=O) groups is 1. The molecule has 1 N–H and O–H groups in total. The van der Waals surface area contributed by atoms with E-state index in [9.17, 15) is 4.79 Å². The van der Waals surface area contributed by atoms with Gasteiger partial charge in [0.2, 0.25) is 5.91 Å². The van der Waals surface area contributed by atoms with Crippen molar-refractivity contribution in [2.45, 2.75) is 6.54 Å². The van der Waals surface area contributed by atoms with Gasteiger partial charge in [-0.25, -0.2) is 0 Å². The Morgan fingerprint density at radius 1 is 1.27 bits per heavy atom. The molecule has 78 valence electrons. The minimum absolute atomic E-state index is 0.0452. The topological polar surface area (TPSA) is 53.8 Å². The summed E-state index contributed by atoms with van der Waals surface area (Å²) in [6.07, 6.45) is 0. The first kappa shape index (κ1) is 9.83. The Balaban J connectivity index is 1.81. The van der Waals surface area contributed by atoms with Gasteiger partial charge in [-0.05, 0) is 5.56 Å². The predicted octanol–water partition coefficient (Wildman–Crippen LogP) is 1.38. The molecule has 1 aliphatic heterocycles. The molecule has 1 aromatic carbocycles. The van der Waals surface area contributed by atoms with Crippen molar-refractivity contribution in [3.05, 3.63) is 35.9 Å². The molecule has 0 atom stereocenters. The summed E-state index contributed by atoms with van der Waals surface area (Å²) in [5.41, 5.74) is 1.11. The van der Waals surface area contributed by atoms with Crippen LogP contribution in [0.4, 0.5) is 0 Å². The van der Waals surface area contributed by atoms with Crippen LogP contribution in [0.5, 0.6) is 0 Å². The number of carbonyl (C=O) groups excluding carboxylic acids is 1. The average Bonchev–Trinajstić information content (AvgIpc) is 2.81. The lowest BCUT2D eigenvalue weighted by Crippen LogP contribution is -2.31. The Hall–Kier alpha value is -1.71. The summed E-state index contributed by atoms with van der Waals surface area (Å²) in [6.45, 7) is 1.64. The quantitative estimate of drug-likeness (QED) is 0.792. The summed E-state index contributed by atoms with van der Waals surface area (Å²) in [5.74, 6) is -0.0161. The number of nitrogens with zero attached hydrogens (tertiary/aromatic N) is 2. The Bertz CT molecular complexity index is 353. The molecule has 0 saturated carbocycles. The largest absolute Gasteiger partial charge is 0.352 e. The molecule has 0 aliphatic carbocycles. The van der Waals surface area contributed by atoms with Crippen molar-refractivity contribution < 1.29 is 4.79 Å². The molecular weight excluding hydrogens is 190 g/mol. The van der Waals surface area contributed by atoms with Gasteiger partial charge in [0.1, 0.15) is 0 Å². The normalized spacial score (nSPS) is 15.5. The van der Waals surface area contributed by atoms with Gasteiger partial charge < -0.3 is 5.32 Å². The average molecular weight is 203 g/mol. The summed E-state index contributed by atoms with van der Waals surface area (Å²) in [4.78, 5) is 11.6. The van der Waals surface area contributed by atoms with Crippen LogP contribution in [0.25, 0.3) is 0 Å². The third kappa shape index (κ3) is 2.62. The first-order valence-electron chi connectivity index (χ1n) is 5.01. The number of amides is 1. The van der Waals surface area contributed by atoms with Gasteiger partial charge in [-0.2, -0.15) is 10.2 Å². The van der Waals surface area contributed by atoms with Crippen LogP contribution in [0.3, 0.4) is 0 Å². The molecule has 1 heterocycles. The summed E-state index contributed by atoms with van der Waals surface area (Å²) >= 11 is 0. The van der Waals surface area contributed by atoms with E-state index < -0.39 is 0 Å². The van der Waals surface area contributed by atoms with Gasteiger partial charge in [0.25, 0.3) is 0 Å². The highest BCUT2D eigenvalue weighted by atomic mass is 16.1. The molecule has 0 saturated heterocycles. The number of benzene rings is 1. The van der Waals surface area contributed by atoms with E-state index in [0.717, 1.165) is 5.56 Å². The van der Waals surface area contributed by atoms with Crippen LogP contribution in [0.15, 0.2) is 40.6 Å². The van der Waals surface area contributed by atoms with Gasteiger partial charge >= 0.3 is 0 Å². The molecule has 2 rings (SSSR count). The second-order valence-electron chi connectivity index (χ2n) is 3.55. The van der Waals surface area contributed by atoms with Crippen LogP contribution in [0, 0.1) is 5.92 Å². The van der Waals surface area contributed by atoms with Crippen LogP contribution in [-0.2, 0) is 11.3 Å². The highest BCUT2D eigenvalue weighted by Crippen LogP contribution is 2.07. The fourth-order valence-corrected chi connectivity index (χ4v) is 1.47. The van der Waals surface area contributed by atoms with E-state index >= 15 is 0 Å². The number of rotatable bonds is 3. The molecule has 0 spiro atoms. The van der Waals surface area contributed by atoms with Gasteiger partial charge in [-0.3, -0.25) is 4.79 Å². The van der Waals surface area contributed by atoms with E-state index in [-0.39, 0.29) is 11.8 Å². The SMILES string of the molecule is O=C(NCc1ccccc1)C1CN=NC1. The van der Waals surface area contributed by atoms with Crippen LogP contribution >= 0.6 is 0 Å². The first-order valence-corrected chi connectivity index (χ1v) is 5.01. The Kier molecular flexibility index (Phi) is 3.07. The van der Waals surface area contributed by atoms with Crippen molar-refractivity contribution in [1.29, 1.82) is 0 Å². The van der Waals surface area contributed by atoms with Crippen molar-refractivity contribution in [2.75, 3.05) is 13.1 Å². The molecule has 1 aromatic rings. The zero-order chi connectivity index (χ0) is 10.5. The van der Waals surface area contributed by atoms with Crippen LogP contribution < -0.4 is 5.32 Å². The standard InChI is InChI=1S/C11H13N3O/c15-11(10-7-13-14-8-10)12-6-9-4-2-1-3-5-9/h1-5,10H,6-8H2,(H,12,15). The third-order valence-electron chi connectivity index (χ3n) is 2.38. The second-order valence-corrected chi connectivity index (χ2v) is 3.55. The highest BCUT2D eigenvalue weighted by molar-refractivity contribution is 5.79. The zero-order valence-electron chi connectivity index (χ0n) is 8.39. The molecule has 0 unspecified atom stereocenters. The molecule has 4 heteroatoms. The second kappa shape index (κ2) is 4.68. The molecule has 1 amide bonds. The summed E-state index contributed by atoms with van der Waals surface area (Å²) in [6, 6.07) is 9.86. The van der Waals surface area contributed by atoms with Gasteiger partial charge in [-0.15, -0.1) is 0 Å². The maximum absolute atomic E-state index is 11.6. The summed E-state index contributed by atoms with van der Waals surface area (Å²) < 4.78 is 0. The number of hydrogen-bond acceptors (Lipinski definition) is 3. The van der Waals surface area contributed by atoms with Gasteiger partial charge in [-0.1, -0.05) is 30.3 Å². The Morgan fingerprint density at radius 2 is 1.93 bits per heavy atom. The third-order valence-corrected chi connectivity index (χ3v) is 2.38. The maximum Gasteiger partial charge on any atom is 0.227 e. The van der Waals surface area contributed by atoms with Crippen LogP contribution in [0.1, 0.15) is 5.56 Å². The fraction of sp³-hybridized carbons (Fsp3) is 0.364. The first-order chi connectivity index (χ1) is 7.36. The molecule has 0 bridgehead atoms. The van der Waals surface area contributed by atoms with E-state index in [1.165, 1.54) is 0 Å². The summed E-state index contributed by atoms with van der Waals surface area (Å²) in [7, 11) is 0. The van der Waals surface area contributed by atoms with Gasteiger partial charge in [0.05, 0.1) is 19.0 Å². The van der Waals surface area contributed by atoms with E-state index in [1.54, 1.807) is 0 Å². The fourth-order valence-electron chi connectivity index (χ4n) is 1.47. The van der Waals surface area contributed by atoms with Crippen LogP contribution in [0.2, 0.25) is 0 Å². The lowest BCUT2D eigenvalue weighted by atomic mass is 10.1. The van der Waals surface area contributed by atoms with Crippen molar-refractivity contribution in [3.63, 3.8) is 0 Å². The van der Waals surface area contributed by atoms with Crippen molar-refractivity contribution >= 4 is 5.91 Å². The van der Waals surface area contributed by atoms with Gasteiger partial charge in [0.15, 0.2) is 0 Å².